The first-order chi connectivity index (χ1) is 7.15. The molecule has 15 heavy (non-hydrogen) atoms. The van der Waals surface area contributed by atoms with Crippen molar-refractivity contribution in [1.29, 1.82) is 0 Å². The molecule has 2 rings (SSSR count). The zero-order valence-corrected chi connectivity index (χ0v) is 8.48. The third-order valence-corrected chi connectivity index (χ3v) is 2.80. The number of amides is 1. The van der Waals surface area contributed by atoms with Gasteiger partial charge >= 0.3 is 0 Å². The first kappa shape index (κ1) is 10.1. The molecule has 4 heteroatoms. The van der Waals surface area contributed by atoms with Crippen LogP contribution in [-0.4, -0.2) is 23.4 Å². The zero-order chi connectivity index (χ0) is 11.0. The Morgan fingerprint density at radius 1 is 1.40 bits per heavy atom. The third-order valence-electron chi connectivity index (χ3n) is 2.80. The van der Waals surface area contributed by atoms with Gasteiger partial charge in [0.15, 0.2) is 0 Å². The van der Waals surface area contributed by atoms with Crippen LogP contribution in [0.15, 0.2) is 24.3 Å². The summed E-state index contributed by atoms with van der Waals surface area (Å²) < 4.78 is 12.7. The number of likely N-dealkylation sites (tertiary alicyclic amines) is 1. The predicted octanol–water partition coefficient (Wildman–Crippen LogP) is 1.06. The van der Waals surface area contributed by atoms with E-state index in [1.807, 2.05) is 6.92 Å². The van der Waals surface area contributed by atoms with Gasteiger partial charge in [-0.3, -0.25) is 4.79 Å². The Morgan fingerprint density at radius 3 is 2.53 bits per heavy atom. The van der Waals surface area contributed by atoms with Crippen LogP contribution in [0.4, 0.5) is 4.39 Å². The quantitative estimate of drug-likeness (QED) is 0.738. The number of carbonyl (C=O) groups is 1. The van der Waals surface area contributed by atoms with Crippen molar-refractivity contribution in [3.05, 3.63) is 35.6 Å². The molecule has 2 atom stereocenters. The molecular weight excluding hydrogens is 195 g/mol. The van der Waals surface area contributed by atoms with Crippen molar-refractivity contribution in [2.24, 2.45) is 5.73 Å². The van der Waals surface area contributed by atoms with Gasteiger partial charge in [-0.15, -0.1) is 0 Å². The summed E-state index contributed by atoms with van der Waals surface area (Å²) in [6, 6.07) is 5.56. The molecule has 0 aromatic heterocycles. The highest BCUT2D eigenvalue weighted by Gasteiger charge is 2.44. The summed E-state index contributed by atoms with van der Waals surface area (Å²) in [5, 5.41) is 0. The molecule has 1 heterocycles. The Bertz CT molecular complexity index is 377. The van der Waals surface area contributed by atoms with Crippen molar-refractivity contribution in [2.75, 3.05) is 6.54 Å². The number of halogens is 1. The van der Waals surface area contributed by atoms with E-state index in [0.717, 1.165) is 5.56 Å². The maximum atomic E-state index is 12.7. The molecule has 0 saturated carbocycles. The highest BCUT2D eigenvalue weighted by Crippen LogP contribution is 2.32. The molecular formula is C11H13FN2O. The lowest BCUT2D eigenvalue weighted by Crippen LogP contribution is -2.62. The molecule has 1 fully saturated rings. The van der Waals surface area contributed by atoms with E-state index in [0.29, 0.717) is 6.54 Å². The summed E-state index contributed by atoms with van der Waals surface area (Å²) in [5.41, 5.74) is 6.61. The molecule has 1 aromatic rings. The minimum absolute atomic E-state index is 0.0353. The van der Waals surface area contributed by atoms with Crippen LogP contribution in [0.1, 0.15) is 18.5 Å². The second-order valence-electron chi connectivity index (χ2n) is 3.65. The Morgan fingerprint density at radius 2 is 2.00 bits per heavy atom. The van der Waals surface area contributed by atoms with Crippen LogP contribution in [0.5, 0.6) is 0 Å². The highest BCUT2D eigenvalue weighted by molar-refractivity contribution is 5.89. The third kappa shape index (κ3) is 1.51. The number of nitrogens with two attached hydrogens (primary N) is 1. The smallest absolute Gasteiger partial charge is 0.242 e. The molecule has 0 bridgehead atoms. The van der Waals surface area contributed by atoms with Crippen LogP contribution in [0.25, 0.3) is 0 Å². The first-order valence-corrected chi connectivity index (χ1v) is 4.96. The molecule has 1 aromatic carbocycles. The van der Waals surface area contributed by atoms with Gasteiger partial charge in [0.2, 0.25) is 5.91 Å². The van der Waals surface area contributed by atoms with E-state index in [-0.39, 0.29) is 17.8 Å². The molecule has 1 amide bonds. The van der Waals surface area contributed by atoms with Gasteiger partial charge in [0, 0.05) is 6.54 Å². The molecule has 1 aliphatic heterocycles. The van der Waals surface area contributed by atoms with E-state index in [1.165, 1.54) is 12.1 Å². The standard InChI is InChI=1S/C11H13FN2O/c1-2-14-10(9(13)11(14)15)7-3-5-8(12)6-4-7/h3-6,9-10H,2,13H2,1H3/t9-,10-/m1/s1. The molecule has 2 N–H and O–H groups in total. The van der Waals surface area contributed by atoms with Crippen molar-refractivity contribution in [1.82, 2.24) is 4.90 Å². The van der Waals surface area contributed by atoms with E-state index in [1.54, 1.807) is 17.0 Å². The summed E-state index contributed by atoms with van der Waals surface area (Å²) in [4.78, 5) is 13.1. The van der Waals surface area contributed by atoms with Gasteiger partial charge < -0.3 is 10.6 Å². The fourth-order valence-electron chi connectivity index (χ4n) is 1.98. The lowest BCUT2D eigenvalue weighted by molar-refractivity contribution is -0.149. The van der Waals surface area contributed by atoms with Gasteiger partial charge in [-0.2, -0.15) is 0 Å². The number of hydrogen-bond acceptors (Lipinski definition) is 2. The summed E-state index contributed by atoms with van der Waals surface area (Å²) in [7, 11) is 0. The maximum absolute atomic E-state index is 12.7. The SMILES string of the molecule is CCN1C(=O)[C@H](N)[C@H]1c1ccc(F)cc1. The number of hydrogen-bond donors (Lipinski definition) is 1. The van der Waals surface area contributed by atoms with Crippen LogP contribution in [-0.2, 0) is 4.79 Å². The van der Waals surface area contributed by atoms with Gasteiger partial charge in [-0.05, 0) is 24.6 Å². The van der Waals surface area contributed by atoms with Crippen molar-refractivity contribution in [3.8, 4) is 0 Å². The van der Waals surface area contributed by atoms with E-state index in [4.69, 9.17) is 5.73 Å². The van der Waals surface area contributed by atoms with Gasteiger partial charge in [0.05, 0.1) is 6.04 Å². The molecule has 0 radical (unpaired) electrons. The normalized spacial score (nSPS) is 25.3. The maximum Gasteiger partial charge on any atom is 0.242 e. The highest BCUT2D eigenvalue weighted by atomic mass is 19.1. The lowest BCUT2D eigenvalue weighted by atomic mass is 9.89. The van der Waals surface area contributed by atoms with Gasteiger partial charge in [0.1, 0.15) is 11.9 Å². The monoisotopic (exact) mass is 208 g/mol. The Balaban J connectivity index is 2.24. The number of nitrogens with zero attached hydrogens (tertiary/aromatic N) is 1. The molecule has 0 unspecified atom stereocenters. The van der Waals surface area contributed by atoms with Crippen molar-refractivity contribution in [2.45, 2.75) is 19.0 Å². The summed E-state index contributed by atoms with van der Waals surface area (Å²) in [6.45, 7) is 2.54. The van der Waals surface area contributed by atoms with Gasteiger partial charge in [0.25, 0.3) is 0 Å². The molecule has 0 aliphatic carbocycles. The van der Waals surface area contributed by atoms with Crippen molar-refractivity contribution in [3.63, 3.8) is 0 Å². The molecule has 3 nitrogen and oxygen atoms in total. The minimum Gasteiger partial charge on any atom is -0.332 e. The van der Waals surface area contributed by atoms with Crippen molar-refractivity contribution < 1.29 is 9.18 Å². The Hall–Kier alpha value is -1.42. The largest absolute Gasteiger partial charge is 0.332 e. The van der Waals surface area contributed by atoms with Gasteiger partial charge in [-0.1, -0.05) is 12.1 Å². The Labute approximate surface area is 87.7 Å². The molecule has 1 saturated heterocycles. The van der Waals surface area contributed by atoms with Crippen LogP contribution in [0, 0.1) is 5.82 Å². The van der Waals surface area contributed by atoms with Crippen LogP contribution >= 0.6 is 0 Å². The van der Waals surface area contributed by atoms with E-state index >= 15 is 0 Å². The fraction of sp³-hybridized carbons (Fsp3) is 0.364. The van der Waals surface area contributed by atoms with Crippen molar-refractivity contribution >= 4 is 5.91 Å². The number of likely N-dealkylation sites (N-methyl/N-ethyl adjacent to an activating group) is 1. The number of carbonyl (C=O) groups excluding carboxylic acids is 1. The summed E-state index contributed by atoms with van der Waals surface area (Å²) >= 11 is 0. The topological polar surface area (TPSA) is 46.3 Å². The average molecular weight is 208 g/mol. The molecule has 80 valence electrons. The zero-order valence-electron chi connectivity index (χ0n) is 8.48. The molecule has 0 spiro atoms. The molecule has 1 aliphatic rings. The average Bonchev–Trinajstić information content (AvgIpc) is 2.26. The number of rotatable bonds is 2. The van der Waals surface area contributed by atoms with E-state index in [9.17, 15) is 9.18 Å². The first-order valence-electron chi connectivity index (χ1n) is 4.96. The summed E-state index contributed by atoms with van der Waals surface area (Å²) in [5.74, 6) is -0.312. The van der Waals surface area contributed by atoms with Crippen LogP contribution < -0.4 is 5.73 Å². The second kappa shape index (κ2) is 3.62. The van der Waals surface area contributed by atoms with E-state index < -0.39 is 6.04 Å². The Kier molecular flexibility index (Phi) is 2.44. The lowest BCUT2D eigenvalue weighted by Gasteiger charge is -2.45. The number of benzene rings is 1. The summed E-state index contributed by atoms with van der Waals surface area (Å²) in [6.07, 6.45) is 0. The predicted molar refractivity (Wildman–Crippen MR) is 54.5 cm³/mol. The second-order valence-corrected chi connectivity index (χ2v) is 3.65. The van der Waals surface area contributed by atoms with E-state index in [2.05, 4.69) is 0 Å². The minimum atomic E-state index is -0.476. The van der Waals surface area contributed by atoms with Gasteiger partial charge in [-0.25, -0.2) is 4.39 Å². The van der Waals surface area contributed by atoms with Crippen LogP contribution in [0.2, 0.25) is 0 Å². The van der Waals surface area contributed by atoms with Crippen LogP contribution in [0.3, 0.4) is 0 Å². The fourth-order valence-corrected chi connectivity index (χ4v) is 1.98. The number of β-lactam (4-membered cyclic amide) rings is 1.